The summed E-state index contributed by atoms with van der Waals surface area (Å²) in [5, 5.41) is 3.29. The van der Waals surface area contributed by atoms with E-state index in [2.05, 4.69) is 9.90 Å². The van der Waals surface area contributed by atoms with Crippen LogP contribution in [0.15, 0.2) is 0 Å². The molecule has 0 radical (unpaired) electrons. The van der Waals surface area contributed by atoms with Crippen molar-refractivity contribution in [2.45, 2.75) is 0 Å². The summed E-state index contributed by atoms with van der Waals surface area (Å²) in [7, 11) is 0. The Morgan fingerprint density at radius 3 is 3.17 bits per heavy atom. The number of carboxylic acid groups (broad SMARTS) is 1. The predicted molar refractivity (Wildman–Crippen MR) is 17.3 cm³/mol. The Labute approximate surface area is 35.1 Å². The molecule has 1 N–H and O–H groups in total. The van der Waals surface area contributed by atoms with E-state index in [4.69, 9.17) is 6.96 Å². The lowest BCUT2D eigenvalue weighted by molar-refractivity contribution is -0.132. The van der Waals surface area contributed by atoms with Gasteiger partial charge in [-0.15, -0.1) is 0 Å². The minimum absolute atomic E-state index is 0.479. The van der Waals surface area contributed by atoms with Crippen LogP contribution in [-0.2, 0) is 4.79 Å². The third-order valence-corrected chi connectivity index (χ3v) is 0.163. The summed E-state index contributed by atoms with van der Waals surface area (Å²) in [5.41, 5.74) is 7.55. The predicted octanol–water partition coefficient (Wildman–Crippen LogP) is -0.628. The first-order valence-electron chi connectivity index (χ1n) is 1.56. The number of aliphatic carboxylic acids is 1. The molecule has 0 unspecified atom stereocenters. The molecule has 0 bridgehead atoms. The molecule has 0 rings (SSSR count). The molecule has 0 saturated carbocycles. The van der Waals surface area contributed by atoms with E-state index in [1.807, 2.05) is 0 Å². The number of hydrogen-bond donors (Lipinski definition) is 1. The molecular weight excluding hydrogens is 84.0 g/mol. The van der Waals surface area contributed by atoms with Crippen LogP contribution in [0.1, 0.15) is 0 Å². The van der Waals surface area contributed by atoms with Crippen LogP contribution in [0, 0.1) is 0 Å². The highest BCUT2D eigenvalue weighted by atomic mass is 16.4. The maximum Gasteiger partial charge on any atom is 0.411 e. The summed E-state index contributed by atoms with van der Waals surface area (Å²) < 4.78 is 5.86. The summed E-state index contributed by atoms with van der Waals surface area (Å²) in [6.07, 6.45) is 0.479. The van der Waals surface area contributed by atoms with Crippen LogP contribution in [0.5, 0.6) is 0 Å². The van der Waals surface area contributed by atoms with Crippen molar-refractivity contribution < 1.29 is 14.7 Å². The number of nitrogens with zero attached hydrogens (tertiary/aromatic N) is 2. The second kappa shape index (κ2) is 2.11. The molecule has 0 aromatic carbocycles. The number of rotatable bonds is 1. The third-order valence-electron chi connectivity index (χ3n) is 0.163. The molecule has 0 spiro atoms. The Bertz CT molecular complexity index is 117. The van der Waals surface area contributed by atoms with E-state index in [0.29, 0.717) is 6.21 Å². The highest BCUT2D eigenvalue weighted by molar-refractivity contribution is 6.19. The first-order valence-corrected chi connectivity index (χ1v) is 1.16. The fraction of sp³-hybridized carbons (Fsp3) is 0. The van der Waals surface area contributed by atoms with Crippen molar-refractivity contribution in [1.29, 1.82) is 1.43 Å². The van der Waals surface area contributed by atoms with Crippen LogP contribution in [0.2, 0.25) is 0 Å². The maximum atomic E-state index is 9.69. The molecule has 0 aromatic rings. The van der Waals surface area contributed by atoms with Crippen LogP contribution in [0.3, 0.4) is 0 Å². The molecule has 0 aliphatic heterocycles. The van der Waals surface area contributed by atoms with Crippen molar-refractivity contribution in [3.05, 3.63) is 5.53 Å². The zero-order valence-electron chi connectivity index (χ0n) is 3.79. The van der Waals surface area contributed by atoms with Gasteiger partial charge in [-0.05, 0) is 0 Å². The highest BCUT2D eigenvalue weighted by Gasteiger charge is 1.88. The SMILES string of the molecule is [3H]OC(=O)C=[N+]=[N-]. The van der Waals surface area contributed by atoms with E-state index in [1.165, 1.54) is 0 Å². The maximum absolute atomic E-state index is 9.69. The molecule has 0 aromatic heterocycles. The Morgan fingerprint density at radius 2 is 3.00 bits per heavy atom. The van der Waals surface area contributed by atoms with Gasteiger partial charge in [0.15, 0.2) is 0 Å². The Kier molecular flexibility index (Phi) is 1.07. The second-order valence-electron chi connectivity index (χ2n) is 0.564. The average molecular weight is 88.1 g/mol. The van der Waals surface area contributed by atoms with Crippen LogP contribution in [0.4, 0.5) is 0 Å². The van der Waals surface area contributed by atoms with Gasteiger partial charge >= 0.3 is 12.2 Å². The fourth-order valence-electron chi connectivity index (χ4n) is 0.0471. The van der Waals surface area contributed by atoms with E-state index in [1.54, 1.807) is 0 Å². The summed E-state index contributed by atoms with van der Waals surface area (Å²) in [4.78, 5) is 12.0. The van der Waals surface area contributed by atoms with Crippen LogP contribution >= 0.6 is 0 Å². The van der Waals surface area contributed by atoms with Crippen LogP contribution < -0.4 is 0 Å². The molecule has 0 atom stereocenters. The molecule has 0 fully saturated rings. The first-order chi connectivity index (χ1) is 3.31. The third kappa shape index (κ3) is 2.85. The van der Waals surface area contributed by atoms with Crippen molar-refractivity contribution in [2.75, 3.05) is 0 Å². The van der Waals surface area contributed by atoms with Crippen molar-refractivity contribution in [1.82, 2.24) is 0 Å². The van der Waals surface area contributed by atoms with Gasteiger partial charge in [-0.25, -0.2) is 4.79 Å². The normalized spacial score (nSPS) is 7.67. The van der Waals surface area contributed by atoms with Gasteiger partial charge in [0.1, 0.15) is 0 Å². The summed E-state index contributed by atoms with van der Waals surface area (Å²) in [6, 6.07) is 0. The average Bonchev–Trinajstić information content (AvgIpc) is 1.68. The molecule has 0 heterocycles. The van der Waals surface area contributed by atoms with E-state index in [9.17, 15) is 4.79 Å². The molecule has 4 nitrogen and oxygen atoms in total. The van der Waals surface area contributed by atoms with E-state index >= 15 is 0 Å². The van der Waals surface area contributed by atoms with Gasteiger partial charge in [-0.3, -0.25) is 0 Å². The van der Waals surface area contributed by atoms with E-state index < -0.39 is 5.97 Å². The zero-order valence-corrected chi connectivity index (χ0v) is 2.79. The van der Waals surface area contributed by atoms with Gasteiger partial charge in [-0.2, -0.15) is 4.79 Å². The summed E-state index contributed by atoms with van der Waals surface area (Å²) >= 11 is 0. The van der Waals surface area contributed by atoms with Gasteiger partial charge in [0.05, 0.1) is 0 Å². The standard InChI is InChI=1S/C2H2N2O2/c3-4-1-2(5)6/h1H,(H,5,6)/i/hT. The second-order valence-corrected chi connectivity index (χ2v) is 0.564. The Morgan fingerprint density at radius 1 is 2.33 bits per heavy atom. The van der Waals surface area contributed by atoms with Gasteiger partial charge in [0.2, 0.25) is 0 Å². The van der Waals surface area contributed by atoms with Gasteiger partial charge in [0.25, 0.3) is 1.43 Å². The topological polar surface area (TPSA) is 73.7 Å². The van der Waals surface area contributed by atoms with Gasteiger partial charge in [-0.1, -0.05) is 0 Å². The smallest absolute Gasteiger partial charge is 0.411 e. The lowest BCUT2D eigenvalue weighted by Gasteiger charge is -1.57. The molecule has 0 aliphatic rings. The zero-order chi connectivity index (χ0) is 5.70. The molecular formula is C2H2N2O2. The highest BCUT2D eigenvalue weighted by Crippen LogP contribution is 1.41. The van der Waals surface area contributed by atoms with Crippen molar-refractivity contribution in [3.63, 3.8) is 0 Å². The summed E-state index contributed by atoms with van der Waals surface area (Å²) in [5.74, 6) is -0.998. The van der Waals surface area contributed by atoms with Gasteiger partial charge < -0.3 is 10.6 Å². The van der Waals surface area contributed by atoms with Crippen molar-refractivity contribution in [3.8, 4) is 0 Å². The fourth-order valence-corrected chi connectivity index (χ4v) is 0.0471. The lowest BCUT2D eigenvalue weighted by Crippen LogP contribution is -1.94. The number of carbonyl (C=O) groups is 1. The quantitative estimate of drug-likeness (QED) is 0.263. The molecule has 6 heavy (non-hydrogen) atoms. The van der Waals surface area contributed by atoms with E-state index in [-0.39, 0.29) is 0 Å². The van der Waals surface area contributed by atoms with Crippen molar-refractivity contribution in [2.24, 2.45) is 0 Å². The Balaban J connectivity index is 3.58. The number of carboxylic acids is 1. The molecule has 0 aliphatic carbocycles. The number of hydrogen-bond acceptors (Lipinski definition) is 2. The van der Waals surface area contributed by atoms with Crippen molar-refractivity contribution >= 4 is 12.2 Å². The molecule has 32 valence electrons. The minimum Gasteiger partial charge on any atom is -0.473 e. The molecule has 0 amide bonds. The van der Waals surface area contributed by atoms with Crippen LogP contribution in [-0.4, -0.2) is 22.1 Å². The van der Waals surface area contributed by atoms with Gasteiger partial charge in [0, 0.05) is 0 Å². The summed E-state index contributed by atoms with van der Waals surface area (Å²) in [6.45, 7) is 0. The Hall–Kier alpha value is -1.15. The van der Waals surface area contributed by atoms with E-state index in [0.717, 1.165) is 0 Å². The molecule has 0 saturated heterocycles. The first kappa shape index (κ1) is 3.06. The minimum atomic E-state index is -0.998. The lowest BCUT2D eigenvalue weighted by atomic mass is 10.8. The monoisotopic (exact) mass is 88.0 g/mol. The largest absolute Gasteiger partial charge is 0.473 e. The molecule has 4 heteroatoms. The van der Waals surface area contributed by atoms with Crippen LogP contribution in [0.25, 0.3) is 6.96 Å².